The van der Waals surface area contributed by atoms with Gasteiger partial charge in [0.05, 0.1) is 5.54 Å². The minimum atomic E-state index is -0.702. The van der Waals surface area contributed by atoms with Gasteiger partial charge in [-0.15, -0.1) is 0 Å². The van der Waals surface area contributed by atoms with Crippen LogP contribution in [-0.4, -0.2) is 14.3 Å². The van der Waals surface area contributed by atoms with Crippen molar-refractivity contribution in [2.75, 3.05) is 0 Å². The van der Waals surface area contributed by atoms with E-state index in [9.17, 15) is 9.18 Å². The SMILES string of the molecule is CCn1c(CF)nn(C(C)(C)C)c1=O. The van der Waals surface area contributed by atoms with E-state index in [2.05, 4.69) is 5.10 Å². The molecule has 0 spiro atoms. The van der Waals surface area contributed by atoms with Gasteiger partial charge in [-0.25, -0.2) is 13.9 Å². The molecule has 0 atom stereocenters. The van der Waals surface area contributed by atoms with Crippen molar-refractivity contribution in [3.8, 4) is 0 Å². The predicted molar refractivity (Wildman–Crippen MR) is 52.0 cm³/mol. The smallest absolute Gasteiger partial charge is 0.277 e. The van der Waals surface area contributed by atoms with Gasteiger partial charge < -0.3 is 0 Å². The van der Waals surface area contributed by atoms with Crippen molar-refractivity contribution < 1.29 is 4.39 Å². The zero-order chi connectivity index (χ0) is 10.9. The molecule has 0 saturated carbocycles. The maximum absolute atomic E-state index is 12.5. The van der Waals surface area contributed by atoms with Gasteiger partial charge in [0.1, 0.15) is 6.67 Å². The third-order valence-electron chi connectivity index (χ3n) is 2.01. The molecule has 5 heteroatoms. The van der Waals surface area contributed by atoms with Crippen LogP contribution < -0.4 is 5.69 Å². The Balaban J connectivity index is 3.36. The number of hydrogen-bond donors (Lipinski definition) is 0. The second kappa shape index (κ2) is 3.55. The van der Waals surface area contributed by atoms with Crippen LogP contribution in [0.5, 0.6) is 0 Å². The Labute approximate surface area is 82.3 Å². The highest BCUT2D eigenvalue weighted by molar-refractivity contribution is 4.88. The maximum Gasteiger partial charge on any atom is 0.346 e. The number of alkyl halides is 1. The van der Waals surface area contributed by atoms with Crippen molar-refractivity contribution in [2.45, 2.75) is 46.5 Å². The number of rotatable bonds is 2. The fourth-order valence-corrected chi connectivity index (χ4v) is 1.29. The van der Waals surface area contributed by atoms with Crippen LogP contribution >= 0.6 is 0 Å². The van der Waals surface area contributed by atoms with E-state index >= 15 is 0 Å². The van der Waals surface area contributed by atoms with Crippen molar-refractivity contribution in [2.24, 2.45) is 0 Å². The lowest BCUT2D eigenvalue weighted by Crippen LogP contribution is -2.35. The third kappa shape index (κ3) is 1.71. The van der Waals surface area contributed by atoms with Gasteiger partial charge in [0, 0.05) is 6.54 Å². The lowest BCUT2D eigenvalue weighted by Gasteiger charge is -2.16. The molecule has 4 nitrogen and oxygen atoms in total. The van der Waals surface area contributed by atoms with E-state index in [4.69, 9.17) is 0 Å². The molecule has 1 aromatic rings. The molecule has 0 amide bonds. The molecule has 0 N–H and O–H groups in total. The minimum absolute atomic E-state index is 0.201. The summed E-state index contributed by atoms with van der Waals surface area (Å²) in [6, 6.07) is 0. The molecule has 14 heavy (non-hydrogen) atoms. The fraction of sp³-hybridized carbons (Fsp3) is 0.778. The van der Waals surface area contributed by atoms with Crippen LogP contribution in [0.3, 0.4) is 0 Å². The average Bonchev–Trinajstić information content (AvgIpc) is 2.40. The molecule has 1 rings (SSSR count). The molecule has 0 saturated heterocycles. The van der Waals surface area contributed by atoms with Gasteiger partial charge in [-0.1, -0.05) is 0 Å². The highest BCUT2D eigenvalue weighted by Gasteiger charge is 2.21. The Morgan fingerprint density at radius 2 is 2.00 bits per heavy atom. The highest BCUT2D eigenvalue weighted by atomic mass is 19.1. The van der Waals surface area contributed by atoms with Crippen molar-refractivity contribution in [3.05, 3.63) is 16.3 Å². The van der Waals surface area contributed by atoms with E-state index in [1.54, 1.807) is 6.92 Å². The first-order valence-corrected chi connectivity index (χ1v) is 4.67. The second-order valence-electron chi connectivity index (χ2n) is 4.16. The van der Waals surface area contributed by atoms with Crippen LogP contribution in [0.15, 0.2) is 4.79 Å². The van der Waals surface area contributed by atoms with Gasteiger partial charge in [-0.3, -0.25) is 4.57 Å². The van der Waals surface area contributed by atoms with E-state index in [0.29, 0.717) is 6.54 Å². The number of halogens is 1. The zero-order valence-corrected chi connectivity index (χ0v) is 9.04. The molecule has 1 heterocycles. The normalized spacial score (nSPS) is 12.1. The second-order valence-corrected chi connectivity index (χ2v) is 4.16. The Morgan fingerprint density at radius 3 is 2.29 bits per heavy atom. The minimum Gasteiger partial charge on any atom is -0.277 e. The first-order chi connectivity index (χ1) is 6.41. The topological polar surface area (TPSA) is 39.8 Å². The molecule has 1 aromatic heterocycles. The van der Waals surface area contributed by atoms with E-state index in [0.717, 1.165) is 0 Å². The van der Waals surface area contributed by atoms with Crippen LogP contribution in [0.2, 0.25) is 0 Å². The molecule has 0 fully saturated rings. The predicted octanol–water partition coefficient (Wildman–Crippen LogP) is 1.29. The van der Waals surface area contributed by atoms with Gasteiger partial charge in [0.15, 0.2) is 5.82 Å². The summed E-state index contributed by atoms with van der Waals surface area (Å²) in [6.45, 7) is 7.14. The molecule has 80 valence electrons. The van der Waals surface area contributed by atoms with Gasteiger partial charge in [-0.05, 0) is 27.7 Å². The summed E-state index contributed by atoms with van der Waals surface area (Å²) >= 11 is 0. The summed E-state index contributed by atoms with van der Waals surface area (Å²) < 4.78 is 15.2. The van der Waals surface area contributed by atoms with Crippen LogP contribution in [0.1, 0.15) is 33.5 Å². The van der Waals surface area contributed by atoms with Gasteiger partial charge >= 0.3 is 5.69 Å². The number of hydrogen-bond acceptors (Lipinski definition) is 2. The molecule has 0 bridgehead atoms. The monoisotopic (exact) mass is 201 g/mol. The summed E-state index contributed by atoms with van der Waals surface area (Å²) in [5.41, 5.74) is -0.644. The molecule has 0 aliphatic rings. The maximum atomic E-state index is 12.5. The Morgan fingerprint density at radius 1 is 1.43 bits per heavy atom. The largest absolute Gasteiger partial charge is 0.346 e. The van der Waals surface area contributed by atoms with Gasteiger partial charge in [0.2, 0.25) is 0 Å². The quantitative estimate of drug-likeness (QED) is 0.723. The summed E-state index contributed by atoms with van der Waals surface area (Å²) in [7, 11) is 0. The van der Waals surface area contributed by atoms with Crippen molar-refractivity contribution in [1.82, 2.24) is 14.3 Å². The fourth-order valence-electron chi connectivity index (χ4n) is 1.29. The first-order valence-electron chi connectivity index (χ1n) is 4.67. The Kier molecular flexibility index (Phi) is 2.78. The van der Waals surface area contributed by atoms with Crippen LogP contribution in [0, 0.1) is 0 Å². The zero-order valence-electron chi connectivity index (χ0n) is 9.04. The summed E-state index contributed by atoms with van der Waals surface area (Å²) in [6.07, 6.45) is 0. The lowest BCUT2D eigenvalue weighted by atomic mass is 10.1. The van der Waals surface area contributed by atoms with E-state index in [1.807, 2.05) is 20.8 Å². The van der Waals surface area contributed by atoms with E-state index in [1.165, 1.54) is 9.25 Å². The molecule has 0 aliphatic heterocycles. The van der Waals surface area contributed by atoms with E-state index in [-0.39, 0.29) is 11.5 Å². The van der Waals surface area contributed by atoms with E-state index < -0.39 is 12.2 Å². The van der Waals surface area contributed by atoms with Crippen LogP contribution in [-0.2, 0) is 18.8 Å². The first kappa shape index (κ1) is 10.9. The highest BCUT2D eigenvalue weighted by Crippen LogP contribution is 2.10. The van der Waals surface area contributed by atoms with Gasteiger partial charge in [0.25, 0.3) is 0 Å². The van der Waals surface area contributed by atoms with Gasteiger partial charge in [-0.2, -0.15) is 5.10 Å². The molecule has 0 aromatic carbocycles. The van der Waals surface area contributed by atoms with Crippen molar-refractivity contribution in [1.29, 1.82) is 0 Å². The summed E-state index contributed by atoms with van der Waals surface area (Å²) in [4.78, 5) is 11.7. The van der Waals surface area contributed by atoms with Crippen molar-refractivity contribution in [3.63, 3.8) is 0 Å². The average molecular weight is 201 g/mol. The molecule has 0 radical (unpaired) electrons. The third-order valence-corrected chi connectivity index (χ3v) is 2.01. The van der Waals surface area contributed by atoms with Crippen molar-refractivity contribution >= 4 is 0 Å². The molecular formula is C9H16FN3O. The van der Waals surface area contributed by atoms with Crippen LogP contribution in [0.4, 0.5) is 4.39 Å². The summed E-state index contributed by atoms with van der Waals surface area (Å²) in [5, 5.41) is 3.96. The Bertz CT molecular complexity index is 372. The molecule has 0 unspecified atom stereocenters. The molecular weight excluding hydrogens is 185 g/mol. The standard InChI is InChI=1S/C9H16FN3O/c1-5-12-7(6-10)11-13(8(12)14)9(2,3)4/h5-6H2,1-4H3. The number of nitrogens with zero attached hydrogens (tertiary/aromatic N) is 3. The molecule has 0 aliphatic carbocycles. The number of aromatic nitrogens is 3. The lowest BCUT2D eigenvalue weighted by molar-refractivity contribution is 0.337. The van der Waals surface area contributed by atoms with Crippen LogP contribution in [0.25, 0.3) is 0 Å². The summed E-state index contributed by atoms with van der Waals surface area (Å²) in [5.74, 6) is 0.201. The Hall–Kier alpha value is -1.13.